The minimum absolute atomic E-state index is 0. The Morgan fingerprint density at radius 1 is 0.730 bits per heavy atom. The topological polar surface area (TPSA) is 67.4 Å². The van der Waals surface area contributed by atoms with Crippen LogP contribution in [0.25, 0.3) is 0 Å². The molecule has 1 rings (SSSR count). The molecule has 0 heterocycles. The first-order valence-corrected chi connectivity index (χ1v) is 14.7. The number of amides is 1. The molecule has 0 spiro atoms. The van der Waals surface area contributed by atoms with E-state index >= 15 is 0 Å². The first-order valence-electron chi connectivity index (χ1n) is 14.3. The Balaban J connectivity index is 0.0000130. The van der Waals surface area contributed by atoms with Gasteiger partial charge in [0.25, 0.3) is 5.91 Å². The second-order valence-corrected chi connectivity index (χ2v) is 9.88. The molecule has 1 amide bonds. The maximum atomic E-state index is 12.7. The van der Waals surface area contributed by atoms with Crippen LogP contribution in [0, 0.1) is 0 Å². The first-order chi connectivity index (χ1) is 17.6. The van der Waals surface area contributed by atoms with E-state index in [0.717, 1.165) is 18.5 Å². The van der Waals surface area contributed by atoms with E-state index in [1.807, 2.05) is 30.3 Å². The third kappa shape index (κ3) is 19.3. The maximum absolute atomic E-state index is 12.7. The molecule has 0 bridgehead atoms. The zero-order valence-corrected chi connectivity index (χ0v) is 27.7. The van der Waals surface area contributed by atoms with Crippen LogP contribution in [-0.4, -0.2) is 25.0 Å². The number of esters is 1. The van der Waals surface area contributed by atoms with E-state index in [4.69, 9.17) is 17.4 Å². The Morgan fingerprint density at radius 3 is 1.65 bits per heavy atom. The van der Waals surface area contributed by atoms with Gasteiger partial charge in [0.1, 0.15) is 5.57 Å². The molecular weight excluding hydrogens is 508 g/mol. The smallest absolute Gasteiger partial charge is 0.761 e. The number of hydrogen-bond donors (Lipinski definition) is 2. The number of unbranched alkanes of at least 4 members (excludes halogenated alkanes) is 15. The van der Waals surface area contributed by atoms with Gasteiger partial charge in [-0.15, -0.1) is 0 Å². The molecule has 0 saturated heterocycles. The van der Waals surface area contributed by atoms with Crippen LogP contribution in [0.1, 0.15) is 117 Å². The summed E-state index contributed by atoms with van der Waals surface area (Å²) < 4.78 is 5.06. The molecule has 0 aromatic heterocycles. The number of ether oxygens (including phenoxy) is 1. The van der Waals surface area contributed by atoms with Crippen LogP contribution in [-0.2, 0) is 27.0 Å². The number of nitrogens with one attached hydrogen (secondary N) is 2. The molecular formula is C30H49KN2O3S. The summed E-state index contributed by atoms with van der Waals surface area (Å²) in [5.41, 5.74) is 0.571. The number of carbonyl (C=O) groups excluding carboxylic acids is 2. The molecule has 0 radical (unpaired) electrons. The summed E-state index contributed by atoms with van der Waals surface area (Å²) in [6.07, 6.45) is 20.9. The predicted molar refractivity (Wildman–Crippen MR) is 154 cm³/mol. The maximum Gasteiger partial charge on any atom is 1.00 e. The molecule has 0 aliphatic rings. The molecule has 37 heavy (non-hydrogen) atoms. The Bertz CT molecular complexity index is 744. The number of para-hydroxylation sites is 1. The van der Waals surface area contributed by atoms with Gasteiger partial charge in [0.05, 0.1) is 6.61 Å². The van der Waals surface area contributed by atoms with Gasteiger partial charge in [-0.1, -0.05) is 126 Å². The van der Waals surface area contributed by atoms with Gasteiger partial charge in [0, 0.05) is 12.2 Å². The first kappa shape index (κ1) is 36.6. The summed E-state index contributed by atoms with van der Waals surface area (Å²) in [5, 5.41) is 5.86. The molecule has 0 aliphatic carbocycles. The van der Waals surface area contributed by atoms with E-state index in [9.17, 15) is 9.59 Å². The number of benzene rings is 1. The molecule has 0 unspecified atom stereocenters. The van der Waals surface area contributed by atoms with Gasteiger partial charge in [-0.05, 0) is 25.5 Å². The zero-order valence-electron chi connectivity index (χ0n) is 23.7. The molecule has 7 heteroatoms. The molecule has 0 atom stereocenters. The fourth-order valence-corrected chi connectivity index (χ4v) is 4.46. The Kier molecular flexibility index (Phi) is 25.5. The zero-order chi connectivity index (χ0) is 26.3. The van der Waals surface area contributed by atoms with E-state index in [2.05, 4.69) is 17.6 Å². The molecule has 204 valence electrons. The SMILES string of the molecule is CCCCCCCCCCCCCCCCCCNC(=O)/C(C(=O)OCC)=C(\[S-])Nc1ccccc1.[K+]. The van der Waals surface area contributed by atoms with Crippen LogP contribution in [0.5, 0.6) is 0 Å². The third-order valence-electron chi connectivity index (χ3n) is 6.28. The van der Waals surface area contributed by atoms with Crippen molar-refractivity contribution < 1.29 is 65.7 Å². The van der Waals surface area contributed by atoms with Crippen LogP contribution in [0.3, 0.4) is 0 Å². The standard InChI is InChI=1S/C30H50N2O3S.K/c1-3-5-6-7-8-9-10-11-12-13-14-15-16-17-18-22-25-31-28(33)27(30(34)35-4-2)29(36)32-26-23-20-19-21-24-26;/h19-21,23-24,32,36H,3-18,22,25H2,1-2H3,(H,31,33);/q;+1/p-1/b29-27+;. The minimum Gasteiger partial charge on any atom is -0.761 e. The molecule has 0 fully saturated rings. The summed E-state index contributed by atoms with van der Waals surface area (Å²) >= 11 is 5.33. The summed E-state index contributed by atoms with van der Waals surface area (Å²) in [5.74, 6) is -1.18. The summed E-state index contributed by atoms with van der Waals surface area (Å²) in [6, 6.07) is 9.24. The summed E-state index contributed by atoms with van der Waals surface area (Å²) in [7, 11) is 0. The van der Waals surface area contributed by atoms with E-state index in [1.54, 1.807) is 6.92 Å². The second-order valence-electron chi connectivity index (χ2n) is 9.47. The molecule has 2 N–H and O–H groups in total. The molecule has 5 nitrogen and oxygen atoms in total. The molecule has 0 aliphatic heterocycles. The van der Waals surface area contributed by atoms with Gasteiger partial charge in [0.2, 0.25) is 0 Å². The van der Waals surface area contributed by atoms with Crippen molar-refractivity contribution in [3.63, 3.8) is 0 Å². The predicted octanol–water partition coefficient (Wildman–Crippen LogP) is 4.80. The normalized spacial score (nSPS) is 11.3. The van der Waals surface area contributed by atoms with Crippen molar-refractivity contribution in [1.29, 1.82) is 0 Å². The summed E-state index contributed by atoms with van der Waals surface area (Å²) in [6.45, 7) is 4.68. The summed E-state index contributed by atoms with van der Waals surface area (Å²) in [4.78, 5) is 25.0. The van der Waals surface area contributed by atoms with Crippen molar-refractivity contribution in [1.82, 2.24) is 5.32 Å². The van der Waals surface area contributed by atoms with Crippen LogP contribution in [0.2, 0.25) is 0 Å². The van der Waals surface area contributed by atoms with Gasteiger partial charge < -0.3 is 28.0 Å². The van der Waals surface area contributed by atoms with Gasteiger partial charge in [-0.3, -0.25) is 4.79 Å². The number of anilines is 1. The van der Waals surface area contributed by atoms with Crippen molar-refractivity contribution in [2.75, 3.05) is 18.5 Å². The average molecular weight is 557 g/mol. The largest absolute Gasteiger partial charge is 1.00 e. The van der Waals surface area contributed by atoms with Gasteiger partial charge >= 0.3 is 57.4 Å². The van der Waals surface area contributed by atoms with Crippen LogP contribution in [0.15, 0.2) is 40.9 Å². The van der Waals surface area contributed by atoms with Crippen molar-refractivity contribution in [2.24, 2.45) is 0 Å². The fourth-order valence-electron chi connectivity index (χ4n) is 4.17. The molecule has 0 saturated carbocycles. The van der Waals surface area contributed by atoms with E-state index in [-0.39, 0.29) is 68.6 Å². The number of carbonyl (C=O) groups is 2. The number of rotatable bonds is 22. The van der Waals surface area contributed by atoms with Crippen LogP contribution < -0.4 is 62.0 Å². The van der Waals surface area contributed by atoms with E-state index in [0.29, 0.717) is 6.54 Å². The van der Waals surface area contributed by atoms with E-state index < -0.39 is 11.9 Å². The van der Waals surface area contributed by atoms with Gasteiger partial charge in [-0.2, -0.15) is 0 Å². The van der Waals surface area contributed by atoms with Crippen molar-refractivity contribution in [2.45, 2.75) is 117 Å². The Labute approximate surface area is 274 Å². The van der Waals surface area contributed by atoms with E-state index in [1.165, 1.54) is 89.9 Å². The molecule has 1 aromatic carbocycles. The average Bonchev–Trinajstić information content (AvgIpc) is 2.86. The van der Waals surface area contributed by atoms with Gasteiger partial charge in [0.15, 0.2) is 0 Å². The Morgan fingerprint density at radius 2 is 1.19 bits per heavy atom. The third-order valence-corrected chi connectivity index (χ3v) is 6.59. The van der Waals surface area contributed by atoms with Crippen LogP contribution in [0.4, 0.5) is 5.69 Å². The van der Waals surface area contributed by atoms with Crippen molar-refractivity contribution in [3.05, 3.63) is 40.9 Å². The number of hydrogen-bond acceptors (Lipinski definition) is 5. The fraction of sp³-hybridized carbons (Fsp3) is 0.667. The minimum atomic E-state index is -0.699. The van der Waals surface area contributed by atoms with Crippen molar-refractivity contribution >= 4 is 30.2 Å². The quantitative estimate of drug-likeness (QED) is 0.0408. The second kappa shape index (κ2) is 25.8. The van der Waals surface area contributed by atoms with Crippen molar-refractivity contribution in [3.8, 4) is 0 Å². The molecule has 1 aromatic rings. The Hall–Kier alpha value is -0.444. The monoisotopic (exact) mass is 556 g/mol. The van der Waals surface area contributed by atoms with Crippen LogP contribution >= 0.6 is 0 Å². The van der Waals surface area contributed by atoms with Gasteiger partial charge in [-0.25, -0.2) is 4.79 Å².